The van der Waals surface area contributed by atoms with E-state index < -0.39 is 0 Å². The molecular formula is C67H59N2O3S+. The summed E-state index contributed by atoms with van der Waals surface area (Å²) in [6, 6.07) is 26.4. The predicted octanol–water partition coefficient (Wildman–Crippen LogP) is 13.3. The van der Waals surface area contributed by atoms with Crippen molar-refractivity contribution < 1.29 is 19.2 Å². The van der Waals surface area contributed by atoms with E-state index in [1.807, 2.05) is 29.2 Å². The van der Waals surface area contributed by atoms with Crippen molar-refractivity contribution in [1.29, 1.82) is 0 Å². The molecule has 6 heteroatoms. The third-order valence-electron chi connectivity index (χ3n) is 12.3. The zero-order valence-corrected chi connectivity index (χ0v) is 43.4. The summed E-state index contributed by atoms with van der Waals surface area (Å²) in [4.78, 5) is 2.80. The lowest BCUT2D eigenvalue weighted by molar-refractivity contribution is -0.438. The van der Waals surface area contributed by atoms with E-state index in [2.05, 4.69) is 246 Å². The fourth-order valence-electron chi connectivity index (χ4n) is 8.63. The number of benzene rings is 3. The van der Waals surface area contributed by atoms with E-state index >= 15 is 0 Å². The van der Waals surface area contributed by atoms with Gasteiger partial charge in [-0.2, -0.15) is 4.58 Å². The average Bonchev–Trinajstić information content (AvgIpc) is 3.74. The molecule has 0 fully saturated rings. The van der Waals surface area contributed by atoms with Crippen molar-refractivity contribution in [2.75, 3.05) is 11.4 Å². The van der Waals surface area contributed by atoms with Gasteiger partial charge in [-0.15, -0.1) is 10.8 Å². The third-order valence-corrected chi connectivity index (χ3v) is 12.9. The molecular weight excluding hydrogens is 913 g/mol. The van der Waals surface area contributed by atoms with Gasteiger partial charge in [-0.05, 0) is 109 Å². The largest absolute Gasteiger partial charge is 0.272 e. The number of fused-ring (bicyclic) bond motifs is 2. The van der Waals surface area contributed by atoms with Crippen LogP contribution < -0.4 is 4.90 Å². The van der Waals surface area contributed by atoms with Crippen molar-refractivity contribution >= 4 is 29.1 Å². The molecule has 3 aromatic carbocycles. The summed E-state index contributed by atoms with van der Waals surface area (Å²) in [5.74, 6) is 51.8. The zero-order valence-electron chi connectivity index (χ0n) is 42.6. The number of allylic oxidation sites excluding steroid dienone is 6. The molecule has 5 rings (SSSR count). The summed E-state index contributed by atoms with van der Waals surface area (Å²) in [5, 5.41) is 12.4. The summed E-state index contributed by atoms with van der Waals surface area (Å²) in [5.41, 5.74) is 8.63. The molecule has 360 valence electrons. The summed E-state index contributed by atoms with van der Waals surface area (Å²) >= 11 is 0.917. The van der Waals surface area contributed by atoms with E-state index in [0.29, 0.717) is 0 Å². The van der Waals surface area contributed by atoms with Gasteiger partial charge in [0.2, 0.25) is 5.69 Å². The monoisotopic (exact) mass is 971 g/mol. The first-order valence-electron chi connectivity index (χ1n) is 24.7. The van der Waals surface area contributed by atoms with E-state index in [1.165, 1.54) is 94.0 Å². The Kier molecular flexibility index (Phi) is 23.8. The Labute approximate surface area is 440 Å². The van der Waals surface area contributed by atoms with Crippen LogP contribution in [0.5, 0.6) is 0 Å². The van der Waals surface area contributed by atoms with Crippen molar-refractivity contribution in [3.05, 3.63) is 114 Å². The van der Waals surface area contributed by atoms with E-state index in [0.717, 1.165) is 51.6 Å². The van der Waals surface area contributed by atoms with Gasteiger partial charge in [-0.25, -0.2) is 5.26 Å². The molecule has 0 unspecified atom stereocenters. The van der Waals surface area contributed by atoms with Gasteiger partial charge in [0.1, 0.15) is 6.54 Å². The van der Waals surface area contributed by atoms with Crippen LogP contribution in [0, 0.1) is 131 Å². The first kappa shape index (κ1) is 55.7. The molecule has 0 atom stereocenters. The second-order valence-electron chi connectivity index (χ2n) is 17.9. The Balaban J connectivity index is 1.33. The lowest BCUT2D eigenvalue weighted by Crippen LogP contribution is -2.27. The highest BCUT2D eigenvalue weighted by Crippen LogP contribution is 2.49. The minimum Gasteiger partial charge on any atom is -0.272 e. The first-order chi connectivity index (χ1) is 35.7. The van der Waals surface area contributed by atoms with Crippen molar-refractivity contribution in [2.45, 2.75) is 127 Å². The minimum atomic E-state index is -0.379. The Morgan fingerprint density at radius 1 is 0.575 bits per heavy atom. The Hall–Kier alpha value is -8.26. The molecule has 1 N–H and O–H groups in total. The number of unbranched alkanes of at least 4 members (excludes halogenated alkanes) is 11. The number of nitrogens with zero attached hydrogens (tertiary/aromatic N) is 2. The van der Waals surface area contributed by atoms with Crippen LogP contribution in [0.15, 0.2) is 108 Å². The van der Waals surface area contributed by atoms with E-state index in [-0.39, 0.29) is 10.8 Å². The SMILES string of the molecule is C#CC#CC#CC#CC#CC#CC#CC#CC#CC#CC#CN1/C(=C/C=C/C=C/C2=[N+](CCCCCCCCCCCCCC)c3ccccc3C2(C)C)C(C)(C)c2ccc(-c3ccc(SOOO)cc3)cc21. The molecule has 0 spiro atoms. The van der Waals surface area contributed by atoms with Crippen molar-refractivity contribution in [3.8, 4) is 142 Å². The highest BCUT2D eigenvalue weighted by atomic mass is 32.2. The molecule has 2 aliphatic heterocycles. The fourth-order valence-corrected chi connectivity index (χ4v) is 8.99. The maximum atomic E-state index is 8.59. The van der Waals surface area contributed by atoms with Gasteiger partial charge >= 0.3 is 0 Å². The molecule has 2 aliphatic rings. The van der Waals surface area contributed by atoms with Gasteiger partial charge in [0, 0.05) is 117 Å². The molecule has 0 aliphatic carbocycles. The highest BCUT2D eigenvalue weighted by molar-refractivity contribution is 7.94. The molecule has 0 aromatic heterocycles. The number of hydrogen-bond donors (Lipinski definition) is 1. The number of hydrogen-bond acceptors (Lipinski definition) is 5. The van der Waals surface area contributed by atoms with E-state index in [1.54, 1.807) is 0 Å². The van der Waals surface area contributed by atoms with Crippen LogP contribution in [0.25, 0.3) is 11.1 Å². The normalized spacial score (nSPS) is 13.2. The summed E-state index contributed by atoms with van der Waals surface area (Å²) in [6.45, 7) is 12.4. The van der Waals surface area contributed by atoms with E-state index in [9.17, 15) is 0 Å². The van der Waals surface area contributed by atoms with Crippen LogP contribution in [0.4, 0.5) is 11.4 Å². The molecule has 2 heterocycles. The maximum absolute atomic E-state index is 8.59. The average molecular weight is 972 g/mol. The Bertz CT molecular complexity index is 3290. The number of terminal acetylenes is 1. The lowest BCUT2D eigenvalue weighted by atomic mass is 9.81. The molecule has 0 saturated heterocycles. The minimum absolute atomic E-state index is 0.123. The maximum Gasteiger partial charge on any atom is 0.209 e. The molecule has 0 saturated carbocycles. The number of para-hydroxylation sites is 1. The van der Waals surface area contributed by atoms with E-state index in [4.69, 9.17) is 11.7 Å². The molecule has 0 amide bonds. The van der Waals surface area contributed by atoms with Gasteiger partial charge in [0.05, 0.1) is 23.1 Å². The lowest BCUT2D eigenvalue weighted by Gasteiger charge is -2.22. The van der Waals surface area contributed by atoms with Crippen molar-refractivity contribution in [3.63, 3.8) is 0 Å². The molecule has 5 nitrogen and oxygen atoms in total. The van der Waals surface area contributed by atoms with Crippen LogP contribution in [-0.4, -0.2) is 22.1 Å². The third kappa shape index (κ3) is 17.5. The fraction of sp³-hybridized carbons (Fsp3) is 0.299. The molecule has 0 bridgehead atoms. The van der Waals surface area contributed by atoms with Crippen molar-refractivity contribution in [2.24, 2.45) is 0 Å². The van der Waals surface area contributed by atoms with Crippen LogP contribution in [0.1, 0.15) is 123 Å². The van der Waals surface area contributed by atoms with Crippen LogP contribution in [0.3, 0.4) is 0 Å². The topological polar surface area (TPSA) is 44.9 Å². The van der Waals surface area contributed by atoms with Crippen LogP contribution in [0.2, 0.25) is 0 Å². The van der Waals surface area contributed by atoms with Crippen LogP contribution in [-0.2, 0) is 20.2 Å². The van der Waals surface area contributed by atoms with Gasteiger partial charge in [0.15, 0.2) is 5.71 Å². The first-order valence-corrected chi connectivity index (χ1v) is 25.4. The van der Waals surface area contributed by atoms with Gasteiger partial charge in [-0.3, -0.25) is 4.90 Å². The summed E-state index contributed by atoms with van der Waals surface area (Å²) in [7, 11) is 0. The Morgan fingerprint density at radius 2 is 1.10 bits per heavy atom. The standard InChI is InChI=1S/C67H58N2O3S/c1-7-9-11-13-15-17-19-21-22-23-24-25-26-27-28-30-32-34-36-43-55-69-63-56-58(57-48-51-59(52-49-57)73-72-71-70)50-53-61(63)67(5,6)65(69)47-39-37-38-46-64-66(3,4)60-44-40-41-45-62(60)68(64)54-42-35-33-31-29-20-18-16-14-12-10-8-2/h1,37-41,44-53,56H,8,10,12,14,16,18,20,29,31,33,35,42,54H2,2-6H3/p+1. The van der Waals surface area contributed by atoms with Crippen LogP contribution >= 0.6 is 12.0 Å². The summed E-state index contributed by atoms with van der Waals surface area (Å²) < 4.78 is 7.16. The highest BCUT2D eigenvalue weighted by Gasteiger charge is 2.44. The smallest absolute Gasteiger partial charge is 0.209 e. The second-order valence-corrected chi connectivity index (χ2v) is 18.7. The number of anilines is 1. The quantitative estimate of drug-likeness (QED) is 0.0232. The van der Waals surface area contributed by atoms with Gasteiger partial charge < -0.3 is 0 Å². The molecule has 73 heavy (non-hydrogen) atoms. The predicted molar refractivity (Wildman–Crippen MR) is 301 cm³/mol. The molecule has 3 aromatic rings. The number of rotatable bonds is 20. The van der Waals surface area contributed by atoms with Gasteiger partial charge in [-0.1, -0.05) is 151 Å². The molecule has 0 radical (unpaired) electrons. The zero-order chi connectivity index (χ0) is 51.8. The van der Waals surface area contributed by atoms with Crippen molar-refractivity contribution in [1.82, 2.24) is 0 Å². The Morgan fingerprint density at radius 3 is 1.66 bits per heavy atom. The van der Waals surface area contributed by atoms with Gasteiger partial charge in [0.25, 0.3) is 0 Å². The second kappa shape index (κ2) is 31.2. The summed E-state index contributed by atoms with van der Waals surface area (Å²) in [6.07, 6.45) is 31.9.